The molecule has 2 rings (SSSR count). The number of hydrogen-bond acceptors (Lipinski definition) is 3. The van der Waals surface area contributed by atoms with Crippen LogP contribution < -0.4 is 9.64 Å². The molecule has 0 atom stereocenters. The Bertz CT molecular complexity index is 647. The van der Waals surface area contributed by atoms with Crippen LogP contribution in [0.15, 0.2) is 42.5 Å². The summed E-state index contributed by atoms with van der Waals surface area (Å²) >= 11 is 5.81. The van der Waals surface area contributed by atoms with E-state index >= 15 is 0 Å². The predicted molar refractivity (Wildman–Crippen MR) is 85.8 cm³/mol. The van der Waals surface area contributed by atoms with E-state index in [2.05, 4.69) is 11.0 Å². The molecule has 0 unspecified atom stereocenters. The molecule has 0 aliphatic carbocycles. The summed E-state index contributed by atoms with van der Waals surface area (Å²) in [4.78, 5) is 2.05. The Balaban J connectivity index is 2.19. The van der Waals surface area contributed by atoms with Crippen LogP contribution in [-0.2, 0) is 12.4 Å². The van der Waals surface area contributed by atoms with Crippen molar-refractivity contribution < 1.29 is 4.74 Å². The first-order valence-electron chi connectivity index (χ1n) is 6.61. The number of nitrogens with zero attached hydrogens (tertiary/aromatic N) is 2. The zero-order valence-electron chi connectivity index (χ0n) is 12.1. The molecule has 0 aliphatic rings. The summed E-state index contributed by atoms with van der Waals surface area (Å²) in [7, 11) is 3.62. The van der Waals surface area contributed by atoms with Crippen LogP contribution in [0.2, 0.25) is 0 Å². The van der Waals surface area contributed by atoms with Crippen molar-refractivity contribution in [2.45, 2.75) is 12.4 Å². The van der Waals surface area contributed by atoms with Crippen molar-refractivity contribution in [2.24, 2.45) is 0 Å². The molecule has 0 saturated carbocycles. The first-order valence-corrected chi connectivity index (χ1v) is 7.14. The Kier molecular flexibility index (Phi) is 5.08. The van der Waals surface area contributed by atoms with Gasteiger partial charge in [0, 0.05) is 19.5 Å². The number of anilines is 1. The predicted octanol–water partition coefficient (Wildman–Crippen LogP) is 3.94. The van der Waals surface area contributed by atoms with Gasteiger partial charge in [-0.25, -0.2) is 0 Å². The van der Waals surface area contributed by atoms with Gasteiger partial charge in [-0.15, -0.1) is 11.6 Å². The number of halogens is 1. The second kappa shape index (κ2) is 7.01. The number of alkyl halides is 1. The molecule has 0 N–H and O–H groups in total. The number of benzene rings is 2. The summed E-state index contributed by atoms with van der Waals surface area (Å²) in [5.74, 6) is 1.25. The number of rotatable bonds is 5. The van der Waals surface area contributed by atoms with E-state index < -0.39 is 0 Å². The molecular formula is C17H17ClN2O. The van der Waals surface area contributed by atoms with Crippen molar-refractivity contribution in [3.05, 3.63) is 59.2 Å². The number of ether oxygens (including phenoxy) is 1. The molecule has 0 aliphatic heterocycles. The monoisotopic (exact) mass is 300 g/mol. The molecule has 108 valence electrons. The van der Waals surface area contributed by atoms with Crippen LogP contribution in [0.4, 0.5) is 5.69 Å². The Morgan fingerprint density at radius 2 is 1.81 bits per heavy atom. The topological polar surface area (TPSA) is 36.3 Å². The van der Waals surface area contributed by atoms with E-state index in [-0.39, 0.29) is 0 Å². The average Bonchev–Trinajstić information content (AvgIpc) is 2.54. The summed E-state index contributed by atoms with van der Waals surface area (Å²) < 4.78 is 5.15. The van der Waals surface area contributed by atoms with Crippen molar-refractivity contribution >= 4 is 17.3 Å². The Morgan fingerprint density at radius 3 is 2.38 bits per heavy atom. The highest BCUT2D eigenvalue weighted by Gasteiger charge is 2.09. The lowest BCUT2D eigenvalue weighted by Gasteiger charge is -2.21. The zero-order chi connectivity index (χ0) is 15.2. The number of hydrogen-bond donors (Lipinski definition) is 0. The van der Waals surface area contributed by atoms with Crippen LogP contribution in [0.25, 0.3) is 0 Å². The Morgan fingerprint density at radius 1 is 1.14 bits per heavy atom. The highest BCUT2D eigenvalue weighted by atomic mass is 35.5. The van der Waals surface area contributed by atoms with Crippen molar-refractivity contribution in [1.29, 1.82) is 5.26 Å². The Hall–Kier alpha value is -2.18. The highest BCUT2D eigenvalue weighted by Crippen LogP contribution is 2.23. The average molecular weight is 301 g/mol. The summed E-state index contributed by atoms with van der Waals surface area (Å²) in [5, 5.41) is 9.29. The summed E-state index contributed by atoms with van der Waals surface area (Å²) in [6, 6.07) is 15.9. The third-order valence-corrected chi connectivity index (χ3v) is 3.63. The SMILES string of the molecule is COc1ccc(CN(C)c2ccc(CCl)cc2C#N)cc1. The van der Waals surface area contributed by atoms with Crippen LogP contribution in [0.5, 0.6) is 5.75 Å². The fourth-order valence-corrected chi connectivity index (χ4v) is 2.34. The summed E-state index contributed by atoms with van der Waals surface area (Å²) in [5.41, 5.74) is 3.66. The maximum atomic E-state index is 9.29. The van der Waals surface area contributed by atoms with Crippen molar-refractivity contribution in [3.63, 3.8) is 0 Å². The quantitative estimate of drug-likeness (QED) is 0.785. The van der Waals surface area contributed by atoms with Crippen molar-refractivity contribution in [1.82, 2.24) is 0 Å². The third kappa shape index (κ3) is 3.68. The maximum Gasteiger partial charge on any atom is 0.118 e. The van der Waals surface area contributed by atoms with Crippen LogP contribution >= 0.6 is 11.6 Å². The maximum absolute atomic E-state index is 9.29. The second-order valence-corrected chi connectivity index (χ2v) is 5.07. The fourth-order valence-electron chi connectivity index (χ4n) is 2.18. The van der Waals surface area contributed by atoms with Gasteiger partial charge < -0.3 is 9.64 Å². The number of nitriles is 1. The molecule has 0 saturated heterocycles. The fraction of sp³-hybridized carbons (Fsp3) is 0.235. The van der Waals surface area contributed by atoms with Gasteiger partial charge in [0.25, 0.3) is 0 Å². The van der Waals surface area contributed by atoms with Crippen LogP contribution in [-0.4, -0.2) is 14.2 Å². The first kappa shape index (κ1) is 15.2. The third-order valence-electron chi connectivity index (χ3n) is 3.33. The van der Waals surface area contributed by atoms with E-state index in [1.54, 1.807) is 7.11 Å². The molecule has 21 heavy (non-hydrogen) atoms. The molecule has 0 spiro atoms. The minimum atomic E-state index is 0.414. The molecule has 3 nitrogen and oxygen atoms in total. The molecule has 0 bridgehead atoms. The van der Waals surface area contributed by atoms with E-state index in [1.165, 1.54) is 0 Å². The van der Waals surface area contributed by atoms with Gasteiger partial charge in [-0.1, -0.05) is 18.2 Å². The lowest BCUT2D eigenvalue weighted by atomic mass is 10.1. The smallest absolute Gasteiger partial charge is 0.118 e. The lowest BCUT2D eigenvalue weighted by Crippen LogP contribution is -2.17. The van der Waals surface area contributed by atoms with Crippen molar-refractivity contribution in [2.75, 3.05) is 19.1 Å². The van der Waals surface area contributed by atoms with Crippen molar-refractivity contribution in [3.8, 4) is 11.8 Å². The van der Waals surface area contributed by atoms with Gasteiger partial charge in [0.05, 0.1) is 18.4 Å². The molecule has 0 amide bonds. The van der Waals surface area contributed by atoms with Crippen LogP contribution in [0, 0.1) is 11.3 Å². The molecule has 0 radical (unpaired) electrons. The van der Waals surface area contributed by atoms with Gasteiger partial charge in [-0.05, 0) is 35.4 Å². The summed E-state index contributed by atoms with van der Waals surface area (Å²) in [6.07, 6.45) is 0. The van der Waals surface area contributed by atoms with E-state index in [0.29, 0.717) is 11.4 Å². The standard InChI is InChI=1S/C17H17ClN2O/c1-20(12-13-3-6-16(21-2)7-4-13)17-8-5-14(10-18)9-15(17)11-19/h3-9H,10,12H2,1-2H3. The van der Waals surface area contributed by atoms with Gasteiger partial charge in [0.1, 0.15) is 11.8 Å². The summed E-state index contributed by atoms with van der Waals surface area (Å²) in [6.45, 7) is 0.721. The molecule has 4 heteroatoms. The largest absolute Gasteiger partial charge is 0.497 e. The minimum Gasteiger partial charge on any atom is -0.497 e. The molecular weight excluding hydrogens is 284 g/mol. The normalized spacial score (nSPS) is 10.0. The second-order valence-electron chi connectivity index (χ2n) is 4.80. The van der Waals surface area contributed by atoms with Gasteiger partial charge in [0.2, 0.25) is 0 Å². The molecule has 0 aromatic heterocycles. The lowest BCUT2D eigenvalue weighted by molar-refractivity contribution is 0.414. The Labute approximate surface area is 130 Å². The molecule has 2 aromatic carbocycles. The van der Waals surface area contributed by atoms with E-state index in [9.17, 15) is 5.26 Å². The van der Waals surface area contributed by atoms with E-state index in [1.807, 2.05) is 49.5 Å². The van der Waals surface area contributed by atoms with Gasteiger partial charge in [0.15, 0.2) is 0 Å². The van der Waals surface area contributed by atoms with Gasteiger partial charge >= 0.3 is 0 Å². The minimum absolute atomic E-state index is 0.414. The number of methoxy groups -OCH3 is 1. The van der Waals surface area contributed by atoms with E-state index in [0.717, 1.165) is 29.1 Å². The highest BCUT2D eigenvalue weighted by molar-refractivity contribution is 6.17. The molecule has 2 aromatic rings. The van der Waals surface area contributed by atoms with E-state index in [4.69, 9.17) is 16.3 Å². The van der Waals surface area contributed by atoms with Crippen LogP contribution in [0.1, 0.15) is 16.7 Å². The van der Waals surface area contributed by atoms with Gasteiger partial charge in [-0.2, -0.15) is 5.26 Å². The first-order chi connectivity index (χ1) is 10.2. The molecule has 0 fully saturated rings. The molecule has 0 heterocycles. The zero-order valence-corrected chi connectivity index (χ0v) is 12.9. The van der Waals surface area contributed by atoms with Gasteiger partial charge in [-0.3, -0.25) is 0 Å². The van der Waals surface area contributed by atoms with Crippen LogP contribution in [0.3, 0.4) is 0 Å².